The van der Waals surface area contributed by atoms with Gasteiger partial charge in [-0.15, -0.1) is 0 Å². The zero-order chi connectivity index (χ0) is 13.8. The van der Waals surface area contributed by atoms with Crippen molar-refractivity contribution in [2.45, 2.75) is 39.2 Å². The lowest BCUT2D eigenvalue weighted by Gasteiger charge is -2.31. The van der Waals surface area contributed by atoms with Crippen molar-refractivity contribution in [3.05, 3.63) is 0 Å². The van der Waals surface area contributed by atoms with Crippen molar-refractivity contribution in [2.24, 2.45) is 5.92 Å². The van der Waals surface area contributed by atoms with E-state index in [2.05, 4.69) is 5.32 Å². The first-order chi connectivity index (χ1) is 8.31. The van der Waals surface area contributed by atoms with Crippen LogP contribution in [0.4, 0.5) is 0 Å². The zero-order valence-corrected chi connectivity index (χ0v) is 11.8. The Labute approximate surface area is 109 Å². The Morgan fingerprint density at radius 1 is 1.39 bits per heavy atom. The lowest BCUT2D eigenvalue weighted by Crippen LogP contribution is -2.45. The Morgan fingerprint density at radius 2 is 2.06 bits per heavy atom. The molecule has 1 aliphatic heterocycles. The summed E-state index contributed by atoms with van der Waals surface area (Å²) in [6.45, 7) is 7.33. The summed E-state index contributed by atoms with van der Waals surface area (Å²) in [6, 6.07) is 0. The second kappa shape index (κ2) is 6.18. The minimum absolute atomic E-state index is 0.00816. The fraction of sp³-hybridized carbons (Fsp3) is 0.846. The van der Waals surface area contributed by atoms with Crippen LogP contribution in [0, 0.1) is 5.92 Å². The molecule has 5 heteroatoms. The molecule has 1 saturated heterocycles. The summed E-state index contributed by atoms with van der Waals surface area (Å²) in [5, 5.41) is 2.67. The molecular formula is C13H24N2O3. The first kappa shape index (κ1) is 15.0. The Bertz CT molecular complexity index is 310. The van der Waals surface area contributed by atoms with Crippen molar-refractivity contribution >= 4 is 11.9 Å². The van der Waals surface area contributed by atoms with E-state index < -0.39 is 5.60 Å². The van der Waals surface area contributed by atoms with Crippen LogP contribution in [0.25, 0.3) is 0 Å². The molecule has 0 aliphatic carbocycles. The van der Waals surface area contributed by atoms with Crippen LogP contribution in [0.15, 0.2) is 0 Å². The van der Waals surface area contributed by atoms with Gasteiger partial charge in [-0.25, -0.2) is 0 Å². The number of carbonyl (C=O) groups is 2. The number of amides is 1. The van der Waals surface area contributed by atoms with Crippen LogP contribution in [-0.4, -0.2) is 49.1 Å². The summed E-state index contributed by atoms with van der Waals surface area (Å²) in [5.74, 6) is -0.171. The monoisotopic (exact) mass is 256 g/mol. The van der Waals surface area contributed by atoms with Crippen molar-refractivity contribution < 1.29 is 14.3 Å². The van der Waals surface area contributed by atoms with Crippen LogP contribution in [0.5, 0.6) is 0 Å². The first-order valence-corrected chi connectivity index (χ1v) is 6.47. The van der Waals surface area contributed by atoms with E-state index >= 15 is 0 Å². The summed E-state index contributed by atoms with van der Waals surface area (Å²) < 4.78 is 5.28. The Balaban J connectivity index is 2.43. The van der Waals surface area contributed by atoms with Gasteiger partial charge in [0.05, 0.1) is 12.5 Å². The van der Waals surface area contributed by atoms with Gasteiger partial charge in [-0.3, -0.25) is 14.5 Å². The number of nitrogens with one attached hydrogen (secondary N) is 1. The van der Waals surface area contributed by atoms with Gasteiger partial charge in [0.25, 0.3) is 0 Å². The van der Waals surface area contributed by atoms with E-state index in [4.69, 9.17) is 4.74 Å². The normalized spacial score (nSPS) is 21.4. The van der Waals surface area contributed by atoms with E-state index in [1.165, 1.54) is 0 Å². The molecule has 104 valence electrons. The summed E-state index contributed by atoms with van der Waals surface area (Å²) >= 11 is 0. The molecular weight excluding hydrogens is 232 g/mol. The highest BCUT2D eigenvalue weighted by atomic mass is 16.6. The second-order valence-electron chi connectivity index (χ2n) is 5.77. The number of nitrogens with zero attached hydrogens (tertiary/aromatic N) is 1. The average Bonchev–Trinajstić information content (AvgIpc) is 2.25. The van der Waals surface area contributed by atoms with Crippen molar-refractivity contribution in [3.8, 4) is 0 Å². The molecule has 5 nitrogen and oxygen atoms in total. The maximum Gasteiger partial charge on any atom is 0.320 e. The lowest BCUT2D eigenvalue weighted by molar-refractivity contribution is -0.157. The van der Waals surface area contributed by atoms with Gasteiger partial charge in [-0.2, -0.15) is 0 Å². The minimum Gasteiger partial charge on any atom is -0.459 e. The number of hydrogen-bond donors (Lipinski definition) is 1. The first-order valence-electron chi connectivity index (χ1n) is 6.47. The molecule has 1 amide bonds. The maximum absolute atomic E-state index is 11.7. The second-order valence-corrected chi connectivity index (χ2v) is 5.77. The van der Waals surface area contributed by atoms with Gasteiger partial charge in [-0.1, -0.05) is 0 Å². The van der Waals surface area contributed by atoms with Gasteiger partial charge in [-0.05, 0) is 40.2 Å². The van der Waals surface area contributed by atoms with E-state index in [-0.39, 0.29) is 24.3 Å². The molecule has 0 bridgehead atoms. The molecule has 18 heavy (non-hydrogen) atoms. The molecule has 1 fully saturated rings. The number of ether oxygens (including phenoxy) is 1. The van der Waals surface area contributed by atoms with E-state index in [0.717, 1.165) is 19.4 Å². The molecule has 0 saturated carbocycles. The fourth-order valence-corrected chi connectivity index (χ4v) is 2.17. The number of rotatable bonds is 3. The molecule has 1 N–H and O–H groups in total. The van der Waals surface area contributed by atoms with Crippen LogP contribution < -0.4 is 5.32 Å². The number of carbonyl (C=O) groups excluding carboxylic acids is 2. The highest BCUT2D eigenvalue weighted by Crippen LogP contribution is 2.17. The van der Waals surface area contributed by atoms with Crippen LogP contribution >= 0.6 is 0 Å². The van der Waals surface area contributed by atoms with Gasteiger partial charge in [0.15, 0.2) is 0 Å². The third kappa shape index (κ3) is 5.04. The van der Waals surface area contributed by atoms with Gasteiger partial charge in [0.2, 0.25) is 5.91 Å². The third-order valence-corrected chi connectivity index (χ3v) is 2.90. The average molecular weight is 256 g/mol. The highest BCUT2D eigenvalue weighted by Gasteiger charge is 2.27. The van der Waals surface area contributed by atoms with Crippen molar-refractivity contribution in [2.75, 3.05) is 26.7 Å². The molecule has 1 atom stereocenters. The molecule has 0 aromatic rings. The number of hydrogen-bond acceptors (Lipinski definition) is 4. The zero-order valence-electron chi connectivity index (χ0n) is 11.8. The Hall–Kier alpha value is -1.10. The molecule has 1 unspecified atom stereocenters. The molecule has 0 spiro atoms. The minimum atomic E-state index is -0.451. The lowest BCUT2D eigenvalue weighted by atomic mass is 9.97. The van der Waals surface area contributed by atoms with Crippen LogP contribution in [0.3, 0.4) is 0 Å². The van der Waals surface area contributed by atoms with Gasteiger partial charge in [0.1, 0.15) is 5.60 Å². The van der Waals surface area contributed by atoms with Crippen LogP contribution in [-0.2, 0) is 14.3 Å². The van der Waals surface area contributed by atoms with E-state index in [1.54, 1.807) is 7.05 Å². The Morgan fingerprint density at radius 3 is 2.61 bits per heavy atom. The molecule has 0 aromatic heterocycles. The molecule has 0 aromatic carbocycles. The number of likely N-dealkylation sites (tertiary alicyclic amines) is 1. The summed E-state index contributed by atoms with van der Waals surface area (Å²) in [7, 11) is 1.65. The molecule has 1 heterocycles. The van der Waals surface area contributed by atoms with E-state index in [0.29, 0.717) is 6.54 Å². The number of esters is 1. The smallest absolute Gasteiger partial charge is 0.320 e. The third-order valence-electron chi connectivity index (χ3n) is 2.90. The topological polar surface area (TPSA) is 58.6 Å². The van der Waals surface area contributed by atoms with Gasteiger partial charge in [0, 0.05) is 13.6 Å². The highest BCUT2D eigenvalue weighted by molar-refractivity contribution is 5.78. The van der Waals surface area contributed by atoms with Gasteiger partial charge >= 0.3 is 5.97 Å². The van der Waals surface area contributed by atoms with E-state index in [9.17, 15) is 9.59 Å². The quantitative estimate of drug-likeness (QED) is 0.758. The summed E-state index contributed by atoms with van der Waals surface area (Å²) in [5.41, 5.74) is -0.451. The standard InChI is InChI=1S/C13H24N2O3/c1-13(2,3)18-11(16)9-15-7-5-6-10(8-15)12(17)14-4/h10H,5-9H2,1-4H3,(H,14,17). The number of piperidine rings is 1. The van der Waals surface area contributed by atoms with Crippen molar-refractivity contribution in [3.63, 3.8) is 0 Å². The predicted octanol–water partition coefficient (Wildman–Crippen LogP) is 0.786. The SMILES string of the molecule is CNC(=O)C1CCCN(CC(=O)OC(C)(C)C)C1. The van der Waals surface area contributed by atoms with E-state index in [1.807, 2.05) is 25.7 Å². The summed E-state index contributed by atoms with van der Waals surface area (Å²) in [4.78, 5) is 25.3. The Kier molecular flexibility index (Phi) is 5.14. The molecule has 0 radical (unpaired) electrons. The van der Waals surface area contributed by atoms with Gasteiger partial charge < -0.3 is 10.1 Å². The summed E-state index contributed by atoms with van der Waals surface area (Å²) in [6.07, 6.45) is 1.84. The maximum atomic E-state index is 11.7. The molecule has 1 rings (SSSR count). The van der Waals surface area contributed by atoms with Crippen molar-refractivity contribution in [1.29, 1.82) is 0 Å². The van der Waals surface area contributed by atoms with Crippen LogP contribution in [0.2, 0.25) is 0 Å². The largest absolute Gasteiger partial charge is 0.459 e. The fourth-order valence-electron chi connectivity index (χ4n) is 2.17. The predicted molar refractivity (Wildman–Crippen MR) is 69.1 cm³/mol. The molecule has 1 aliphatic rings. The van der Waals surface area contributed by atoms with Crippen LogP contribution in [0.1, 0.15) is 33.6 Å². The van der Waals surface area contributed by atoms with Crippen molar-refractivity contribution in [1.82, 2.24) is 10.2 Å².